The van der Waals surface area contributed by atoms with Gasteiger partial charge in [0, 0.05) is 28.6 Å². The molecule has 0 amide bonds. The maximum absolute atomic E-state index is 6.20. The number of nitrogens with one attached hydrogen (secondary N) is 1. The Morgan fingerprint density at radius 1 is 1.23 bits per heavy atom. The van der Waals surface area contributed by atoms with Gasteiger partial charge in [-0.05, 0) is 33.6 Å². The van der Waals surface area contributed by atoms with Crippen LogP contribution in [-0.2, 0) is 4.74 Å². The van der Waals surface area contributed by atoms with Gasteiger partial charge in [0.1, 0.15) is 0 Å². The van der Waals surface area contributed by atoms with E-state index in [4.69, 9.17) is 10.5 Å². The van der Waals surface area contributed by atoms with Crippen molar-refractivity contribution in [2.75, 3.05) is 0 Å². The molecule has 0 heterocycles. The van der Waals surface area contributed by atoms with E-state index in [2.05, 4.69) is 66.4 Å². The summed E-state index contributed by atoms with van der Waals surface area (Å²) >= 11 is 0. The van der Waals surface area contributed by atoms with Crippen molar-refractivity contribution in [1.82, 2.24) is 5.32 Å². The van der Waals surface area contributed by atoms with E-state index in [9.17, 15) is 0 Å². The van der Waals surface area contributed by atoms with Crippen molar-refractivity contribution < 1.29 is 4.74 Å². The number of ether oxygens (including phenoxy) is 1. The number of rotatable bonds is 6. The molecule has 3 N–H and O–H groups in total. The number of hydrogen-bond acceptors (Lipinski definition) is 3. The quantitative estimate of drug-likeness (QED) is 0.729. The van der Waals surface area contributed by atoms with Crippen LogP contribution in [0.4, 0.5) is 0 Å². The Kier molecular flexibility index (Phi) is 6.28. The van der Waals surface area contributed by atoms with Crippen LogP contribution in [0.1, 0.15) is 61.3 Å². The maximum atomic E-state index is 6.20. The molecule has 2 atom stereocenters. The Hall–Kier alpha value is -0.800. The molecule has 3 heteroatoms. The average molecular weight is 309 g/mol. The zero-order valence-corrected chi connectivity index (χ0v) is 15.6. The second-order valence-electron chi connectivity index (χ2n) is 8.75. The van der Waals surface area contributed by atoms with Crippen LogP contribution in [0, 0.1) is 11.3 Å². The highest BCUT2D eigenvalue weighted by atomic mass is 16.5. The van der Waals surface area contributed by atoms with Gasteiger partial charge in [0.05, 0.1) is 12.2 Å². The first kappa shape index (κ1) is 19.2. The normalized spacial score (nSPS) is 26.2. The molecule has 1 aliphatic carbocycles. The zero-order valence-electron chi connectivity index (χ0n) is 15.6. The van der Waals surface area contributed by atoms with E-state index in [0.29, 0.717) is 12.1 Å². The van der Waals surface area contributed by atoms with Crippen LogP contribution in [0.2, 0.25) is 0 Å². The molecular formula is C19H36N2O. The van der Waals surface area contributed by atoms with E-state index in [-0.39, 0.29) is 23.0 Å². The topological polar surface area (TPSA) is 47.3 Å². The Morgan fingerprint density at radius 3 is 2.18 bits per heavy atom. The van der Waals surface area contributed by atoms with E-state index in [1.165, 1.54) is 0 Å². The fourth-order valence-electron chi connectivity index (χ4n) is 2.65. The zero-order chi connectivity index (χ0) is 17.1. The molecule has 3 nitrogen and oxygen atoms in total. The lowest BCUT2D eigenvalue weighted by molar-refractivity contribution is -0.0607. The highest BCUT2D eigenvalue weighted by Gasteiger charge is 2.34. The van der Waals surface area contributed by atoms with Gasteiger partial charge in [-0.2, -0.15) is 0 Å². The summed E-state index contributed by atoms with van der Waals surface area (Å²) in [6.07, 6.45) is 6.54. The number of allylic oxidation sites excluding steroid dienone is 1. The minimum Gasteiger partial charge on any atom is -0.402 e. The standard InChI is InChI=1S/C19H36N2O/c1-9-16(13(2)10-17(20)18(3,4)5)22-15-11-14(12-15)21-19(6,7)8/h9-10,13-16,21H,1,11-12,20H2,2-8H3/b17-10-/t13-,14?,15?,16?/m1/s1. The first-order valence-corrected chi connectivity index (χ1v) is 8.46. The summed E-state index contributed by atoms with van der Waals surface area (Å²) in [6, 6.07) is 0.570. The van der Waals surface area contributed by atoms with Crippen LogP contribution in [-0.4, -0.2) is 23.8 Å². The van der Waals surface area contributed by atoms with Crippen LogP contribution < -0.4 is 11.1 Å². The third-order valence-electron chi connectivity index (χ3n) is 4.14. The van der Waals surface area contributed by atoms with Gasteiger partial charge in [-0.15, -0.1) is 6.58 Å². The lowest BCUT2D eigenvalue weighted by Gasteiger charge is -2.41. The monoisotopic (exact) mass is 308 g/mol. The van der Waals surface area contributed by atoms with Gasteiger partial charge in [-0.1, -0.05) is 39.8 Å². The Labute approximate surface area is 137 Å². The van der Waals surface area contributed by atoms with Crippen molar-refractivity contribution >= 4 is 0 Å². The molecule has 0 aromatic heterocycles. The van der Waals surface area contributed by atoms with Crippen molar-refractivity contribution in [3.63, 3.8) is 0 Å². The lowest BCUT2D eigenvalue weighted by Crippen LogP contribution is -2.53. The van der Waals surface area contributed by atoms with Crippen LogP contribution >= 0.6 is 0 Å². The molecule has 0 aromatic carbocycles. The van der Waals surface area contributed by atoms with Crippen molar-refractivity contribution in [2.45, 2.75) is 85.1 Å². The van der Waals surface area contributed by atoms with Crippen LogP contribution in [0.5, 0.6) is 0 Å². The van der Waals surface area contributed by atoms with Crippen molar-refractivity contribution in [3.05, 3.63) is 24.4 Å². The molecule has 0 aromatic rings. The lowest BCUT2D eigenvalue weighted by atomic mass is 9.86. The van der Waals surface area contributed by atoms with Crippen molar-refractivity contribution in [1.29, 1.82) is 0 Å². The molecule has 1 fully saturated rings. The summed E-state index contributed by atoms with van der Waals surface area (Å²) < 4.78 is 6.20. The van der Waals surface area contributed by atoms with Gasteiger partial charge in [-0.3, -0.25) is 0 Å². The molecule has 0 aliphatic heterocycles. The molecule has 1 aliphatic rings. The largest absolute Gasteiger partial charge is 0.402 e. The first-order chi connectivity index (χ1) is 9.92. The SMILES string of the molecule is C=CC(OC1CC(NC(C)(C)C)C1)[C@H](C)/C=C(\N)C(C)(C)C. The molecule has 1 unspecified atom stereocenters. The summed E-state index contributed by atoms with van der Waals surface area (Å²) in [5.41, 5.74) is 7.26. The molecular weight excluding hydrogens is 272 g/mol. The van der Waals surface area contributed by atoms with Gasteiger partial charge in [0.25, 0.3) is 0 Å². The molecule has 0 spiro atoms. The van der Waals surface area contributed by atoms with Crippen LogP contribution in [0.25, 0.3) is 0 Å². The van der Waals surface area contributed by atoms with Gasteiger partial charge >= 0.3 is 0 Å². The molecule has 0 bridgehead atoms. The van der Waals surface area contributed by atoms with E-state index >= 15 is 0 Å². The molecule has 1 rings (SSSR count). The van der Waals surface area contributed by atoms with Gasteiger partial charge in [0.15, 0.2) is 0 Å². The number of hydrogen-bond donors (Lipinski definition) is 2. The smallest absolute Gasteiger partial charge is 0.0817 e. The second kappa shape index (κ2) is 7.18. The third-order valence-corrected chi connectivity index (χ3v) is 4.14. The molecule has 22 heavy (non-hydrogen) atoms. The van der Waals surface area contributed by atoms with Gasteiger partial charge in [-0.25, -0.2) is 0 Å². The highest BCUT2D eigenvalue weighted by Crippen LogP contribution is 2.29. The van der Waals surface area contributed by atoms with Gasteiger partial charge in [0.2, 0.25) is 0 Å². The van der Waals surface area contributed by atoms with Crippen LogP contribution in [0.15, 0.2) is 24.4 Å². The Bertz CT molecular complexity index is 395. The minimum absolute atomic E-state index is 0.00181. The predicted octanol–water partition coefficient (Wildman–Crippen LogP) is 4.00. The molecule has 128 valence electrons. The molecule has 1 saturated carbocycles. The van der Waals surface area contributed by atoms with Crippen molar-refractivity contribution in [2.24, 2.45) is 17.1 Å². The Morgan fingerprint density at radius 2 is 1.77 bits per heavy atom. The predicted molar refractivity (Wildman–Crippen MR) is 95.7 cm³/mol. The maximum Gasteiger partial charge on any atom is 0.0817 e. The summed E-state index contributed by atoms with van der Waals surface area (Å²) in [7, 11) is 0. The van der Waals surface area contributed by atoms with Gasteiger partial charge < -0.3 is 15.8 Å². The summed E-state index contributed by atoms with van der Waals surface area (Å²) in [4.78, 5) is 0. The Balaban J connectivity index is 2.49. The third kappa shape index (κ3) is 6.13. The van der Waals surface area contributed by atoms with E-state index in [1.807, 2.05) is 6.08 Å². The molecule has 0 saturated heterocycles. The van der Waals surface area contributed by atoms with E-state index in [0.717, 1.165) is 18.5 Å². The fourth-order valence-corrected chi connectivity index (χ4v) is 2.65. The summed E-state index contributed by atoms with van der Waals surface area (Å²) in [6.45, 7) is 19.1. The first-order valence-electron chi connectivity index (χ1n) is 8.46. The van der Waals surface area contributed by atoms with Crippen molar-refractivity contribution in [3.8, 4) is 0 Å². The average Bonchev–Trinajstić information content (AvgIpc) is 2.28. The number of nitrogens with two attached hydrogens (primary N) is 1. The van der Waals surface area contributed by atoms with E-state index in [1.54, 1.807) is 0 Å². The highest BCUT2D eigenvalue weighted by molar-refractivity contribution is 5.10. The summed E-state index contributed by atoms with van der Waals surface area (Å²) in [5, 5.41) is 3.62. The minimum atomic E-state index is -0.00181. The fraction of sp³-hybridized carbons (Fsp3) is 0.789. The molecule has 0 radical (unpaired) electrons. The van der Waals surface area contributed by atoms with Crippen LogP contribution in [0.3, 0.4) is 0 Å². The summed E-state index contributed by atoms with van der Waals surface area (Å²) in [5.74, 6) is 0.242. The second-order valence-corrected chi connectivity index (χ2v) is 8.75. The van der Waals surface area contributed by atoms with E-state index < -0.39 is 0 Å².